The van der Waals surface area contributed by atoms with Gasteiger partial charge in [0.25, 0.3) is 0 Å². The summed E-state index contributed by atoms with van der Waals surface area (Å²) in [5.74, 6) is -0.477. The Hall–Kier alpha value is -3.87. The van der Waals surface area contributed by atoms with Crippen molar-refractivity contribution in [2.75, 3.05) is 6.61 Å². The molecule has 3 aromatic rings. The topological polar surface area (TPSA) is 85.2 Å². The van der Waals surface area contributed by atoms with Crippen LogP contribution < -0.4 is 10.6 Å². The molecule has 7 nitrogen and oxygen atoms in total. The molecule has 0 aliphatic carbocycles. The van der Waals surface area contributed by atoms with E-state index in [2.05, 4.69) is 10.6 Å². The van der Waals surface area contributed by atoms with Crippen molar-refractivity contribution in [3.63, 3.8) is 0 Å². The number of hydrogen-bond donors (Lipinski definition) is 2. The van der Waals surface area contributed by atoms with Gasteiger partial charge in [0.15, 0.2) is 0 Å². The average molecular weight is 402 g/mol. The molecular weight excluding hydrogens is 380 g/mol. The lowest BCUT2D eigenvalue weighted by atomic mass is 9.99. The van der Waals surface area contributed by atoms with Crippen LogP contribution in [0.1, 0.15) is 25.6 Å². The highest BCUT2D eigenvalue weighted by atomic mass is 16.5. The van der Waals surface area contributed by atoms with Gasteiger partial charge in [0, 0.05) is 11.3 Å². The zero-order valence-corrected chi connectivity index (χ0v) is 16.8. The fraction of sp³-hybridized carbons (Fsp3) is 0.174. The first kappa shape index (κ1) is 19.4. The molecule has 1 aliphatic heterocycles. The molecule has 0 unspecified atom stereocenters. The molecule has 0 spiro atoms. The van der Waals surface area contributed by atoms with Gasteiger partial charge in [0.2, 0.25) is 0 Å². The van der Waals surface area contributed by atoms with E-state index in [1.165, 1.54) is 0 Å². The first-order valence-corrected chi connectivity index (χ1v) is 9.74. The third kappa shape index (κ3) is 3.69. The maximum absolute atomic E-state index is 12.7. The van der Waals surface area contributed by atoms with Gasteiger partial charge in [-0.15, -0.1) is 0 Å². The summed E-state index contributed by atoms with van der Waals surface area (Å²) in [6.45, 7) is 3.68. The summed E-state index contributed by atoms with van der Waals surface area (Å²) in [5.41, 5.74) is 3.98. The van der Waals surface area contributed by atoms with Crippen LogP contribution in [0, 0.1) is 0 Å². The minimum Gasteiger partial charge on any atom is -0.463 e. The minimum absolute atomic E-state index is 0.240. The third-order valence-electron chi connectivity index (χ3n) is 4.87. The second-order valence-electron chi connectivity index (χ2n) is 6.86. The van der Waals surface area contributed by atoms with Crippen molar-refractivity contribution in [2.45, 2.75) is 19.9 Å². The van der Waals surface area contributed by atoms with Crippen molar-refractivity contribution in [1.82, 2.24) is 20.4 Å². The number of esters is 1. The predicted molar refractivity (Wildman–Crippen MR) is 113 cm³/mol. The molecular formula is C23H22N4O3. The summed E-state index contributed by atoms with van der Waals surface area (Å²) in [5, 5.41) is 10.3. The van der Waals surface area contributed by atoms with Crippen molar-refractivity contribution in [3.05, 3.63) is 83.7 Å². The lowest BCUT2D eigenvalue weighted by Crippen LogP contribution is -2.45. The molecule has 2 N–H and O–H groups in total. The lowest BCUT2D eigenvalue weighted by Gasteiger charge is -2.28. The van der Waals surface area contributed by atoms with Crippen LogP contribution in [-0.2, 0) is 9.53 Å². The Morgan fingerprint density at radius 1 is 1.10 bits per heavy atom. The van der Waals surface area contributed by atoms with Crippen molar-refractivity contribution in [2.24, 2.45) is 0 Å². The molecule has 0 saturated carbocycles. The number of nitrogens with one attached hydrogen (secondary N) is 2. The zero-order chi connectivity index (χ0) is 21.1. The summed E-state index contributed by atoms with van der Waals surface area (Å²) in [6.07, 6.45) is 0. The molecule has 1 aliphatic rings. The van der Waals surface area contributed by atoms with Crippen LogP contribution >= 0.6 is 0 Å². The predicted octanol–water partition coefficient (Wildman–Crippen LogP) is 3.73. The van der Waals surface area contributed by atoms with Gasteiger partial charge in [-0.3, -0.25) is 0 Å². The molecule has 2 heterocycles. The average Bonchev–Trinajstić information content (AvgIpc) is 3.20. The number of urea groups is 1. The van der Waals surface area contributed by atoms with E-state index in [0.717, 1.165) is 16.9 Å². The van der Waals surface area contributed by atoms with E-state index in [1.807, 2.05) is 66.7 Å². The van der Waals surface area contributed by atoms with Gasteiger partial charge < -0.3 is 15.4 Å². The summed E-state index contributed by atoms with van der Waals surface area (Å²) in [4.78, 5) is 25.0. The van der Waals surface area contributed by atoms with Gasteiger partial charge in [-0.2, -0.15) is 5.10 Å². The third-order valence-corrected chi connectivity index (χ3v) is 4.87. The van der Waals surface area contributed by atoms with E-state index in [1.54, 1.807) is 18.5 Å². The van der Waals surface area contributed by atoms with Gasteiger partial charge in [0.1, 0.15) is 6.04 Å². The van der Waals surface area contributed by atoms with E-state index >= 15 is 0 Å². The fourth-order valence-electron chi connectivity index (χ4n) is 3.52. The number of para-hydroxylation sites is 1. The Morgan fingerprint density at radius 3 is 2.43 bits per heavy atom. The molecule has 30 heavy (non-hydrogen) atoms. The van der Waals surface area contributed by atoms with E-state index < -0.39 is 12.0 Å². The molecule has 152 valence electrons. The Bertz CT molecular complexity index is 1100. The molecule has 4 rings (SSSR count). The first-order valence-electron chi connectivity index (χ1n) is 9.74. The normalized spacial score (nSPS) is 16.1. The molecule has 0 radical (unpaired) electrons. The number of allylic oxidation sites excluding steroid dienone is 1. The maximum atomic E-state index is 12.7. The number of aromatic nitrogens is 2. The number of hydrogen-bond acceptors (Lipinski definition) is 4. The minimum atomic E-state index is -0.706. The Kier molecular flexibility index (Phi) is 5.34. The number of amides is 2. The SMILES string of the molecule is CCOC(=O)C1=C(C)NC(=O)N[C@@H]1c1cc(-c2ccccc2)nn1-c1ccccc1. The van der Waals surface area contributed by atoms with Gasteiger partial charge in [-0.1, -0.05) is 48.5 Å². The standard InChI is InChI=1S/C23H22N4O3/c1-3-30-22(28)20-15(2)24-23(29)25-21(20)19-14-18(16-10-6-4-7-11-16)26-27(19)17-12-8-5-9-13-17/h4-14,21H,3H2,1-2H3,(H2,24,25,29)/t21-/m1/s1. The fourth-order valence-corrected chi connectivity index (χ4v) is 3.52. The first-order chi connectivity index (χ1) is 14.6. The second kappa shape index (κ2) is 8.24. The van der Waals surface area contributed by atoms with Crippen LogP contribution in [0.2, 0.25) is 0 Å². The molecule has 1 aromatic heterocycles. The number of nitrogens with zero attached hydrogens (tertiary/aromatic N) is 2. The Balaban J connectivity index is 1.89. The largest absolute Gasteiger partial charge is 0.463 e. The quantitative estimate of drug-likeness (QED) is 0.637. The molecule has 2 amide bonds. The van der Waals surface area contributed by atoms with E-state index in [9.17, 15) is 9.59 Å². The van der Waals surface area contributed by atoms with Crippen LogP contribution in [0.4, 0.5) is 4.79 Å². The van der Waals surface area contributed by atoms with E-state index in [4.69, 9.17) is 9.84 Å². The molecule has 1 atom stereocenters. The van der Waals surface area contributed by atoms with Crippen molar-refractivity contribution in [1.29, 1.82) is 0 Å². The monoisotopic (exact) mass is 402 g/mol. The van der Waals surface area contributed by atoms with Gasteiger partial charge >= 0.3 is 12.0 Å². The summed E-state index contributed by atoms with van der Waals surface area (Å²) in [7, 11) is 0. The smallest absolute Gasteiger partial charge is 0.338 e. The van der Waals surface area contributed by atoms with Crippen molar-refractivity contribution >= 4 is 12.0 Å². The molecule has 7 heteroatoms. The number of carbonyl (C=O) groups excluding carboxylic acids is 2. The molecule has 0 bridgehead atoms. The van der Waals surface area contributed by atoms with Gasteiger partial charge in [-0.25, -0.2) is 14.3 Å². The van der Waals surface area contributed by atoms with E-state index in [-0.39, 0.29) is 12.6 Å². The van der Waals surface area contributed by atoms with Crippen molar-refractivity contribution in [3.8, 4) is 16.9 Å². The number of carbonyl (C=O) groups is 2. The highest BCUT2D eigenvalue weighted by Gasteiger charge is 2.35. The number of benzene rings is 2. The van der Waals surface area contributed by atoms with Crippen LogP contribution in [0.15, 0.2) is 78.0 Å². The van der Waals surface area contributed by atoms with Crippen molar-refractivity contribution < 1.29 is 14.3 Å². The van der Waals surface area contributed by atoms with Crippen LogP contribution in [-0.4, -0.2) is 28.4 Å². The second-order valence-corrected chi connectivity index (χ2v) is 6.86. The van der Waals surface area contributed by atoms with Crippen LogP contribution in [0.5, 0.6) is 0 Å². The number of rotatable bonds is 5. The summed E-state index contributed by atoms with van der Waals surface area (Å²) in [6, 6.07) is 20.2. The summed E-state index contributed by atoms with van der Waals surface area (Å²) >= 11 is 0. The van der Waals surface area contributed by atoms with E-state index in [0.29, 0.717) is 17.0 Å². The molecule has 2 aromatic carbocycles. The highest BCUT2D eigenvalue weighted by Crippen LogP contribution is 2.32. The van der Waals surface area contributed by atoms with Gasteiger partial charge in [-0.05, 0) is 32.0 Å². The lowest BCUT2D eigenvalue weighted by molar-refractivity contribution is -0.139. The maximum Gasteiger partial charge on any atom is 0.338 e. The molecule has 0 saturated heterocycles. The highest BCUT2D eigenvalue weighted by molar-refractivity contribution is 5.95. The van der Waals surface area contributed by atoms with Crippen LogP contribution in [0.25, 0.3) is 16.9 Å². The Morgan fingerprint density at radius 2 is 1.77 bits per heavy atom. The molecule has 0 fully saturated rings. The van der Waals surface area contributed by atoms with Crippen LogP contribution in [0.3, 0.4) is 0 Å². The summed E-state index contributed by atoms with van der Waals surface area (Å²) < 4.78 is 7.01. The zero-order valence-electron chi connectivity index (χ0n) is 16.8. The Labute approximate surface area is 174 Å². The van der Waals surface area contributed by atoms with Gasteiger partial charge in [0.05, 0.1) is 29.3 Å². The number of ether oxygens (including phenoxy) is 1.